The zero-order valence-electron chi connectivity index (χ0n) is 13.1. The van der Waals surface area contributed by atoms with E-state index >= 15 is 0 Å². The van der Waals surface area contributed by atoms with Crippen molar-refractivity contribution < 1.29 is 0 Å². The number of nitrogens with one attached hydrogen (secondary N) is 1. The van der Waals surface area contributed by atoms with Crippen molar-refractivity contribution in [3.63, 3.8) is 0 Å². The second-order valence-electron chi connectivity index (χ2n) is 6.93. The van der Waals surface area contributed by atoms with Gasteiger partial charge in [0.05, 0.1) is 11.4 Å². The van der Waals surface area contributed by atoms with Crippen molar-refractivity contribution >= 4 is 11.4 Å². The van der Waals surface area contributed by atoms with Crippen molar-refractivity contribution in [1.82, 2.24) is 4.90 Å². The van der Waals surface area contributed by atoms with Crippen LogP contribution in [0.2, 0.25) is 0 Å². The summed E-state index contributed by atoms with van der Waals surface area (Å²) in [6.45, 7) is 7.10. The van der Waals surface area contributed by atoms with Crippen LogP contribution in [0.3, 0.4) is 0 Å². The van der Waals surface area contributed by atoms with E-state index in [-0.39, 0.29) is 0 Å². The van der Waals surface area contributed by atoms with Crippen molar-refractivity contribution in [1.29, 1.82) is 0 Å². The third-order valence-electron chi connectivity index (χ3n) is 4.27. The minimum absolute atomic E-state index is 0.296. The van der Waals surface area contributed by atoms with Crippen LogP contribution in [0.15, 0.2) is 47.2 Å². The predicted molar refractivity (Wildman–Crippen MR) is 89.4 cm³/mol. The molecule has 1 aliphatic carbocycles. The lowest BCUT2D eigenvalue weighted by Crippen LogP contribution is -2.30. The molecule has 1 N–H and O–H groups in total. The molecule has 0 unspecified atom stereocenters. The minimum Gasteiger partial charge on any atom is -0.375 e. The highest BCUT2D eigenvalue weighted by atomic mass is 15.3. The van der Waals surface area contributed by atoms with Gasteiger partial charge in [-0.15, -0.1) is 0 Å². The molecule has 3 nitrogen and oxygen atoms in total. The minimum atomic E-state index is 0.296. The number of rotatable bonds is 3. The lowest BCUT2D eigenvalue weighted by atomic mass is 9.78. The number of allylic oxidation sites excluding steroid dienone is 2. The molecule has 21 heavy (non-hydrogen) atoms. The SMILES string of the molecule is CC1(C)CC(N2CCCC2)=C/C(=N\Nc2ccccc2)C1. The van der Waals surface area contributed by atoms with Crippen LogP contribution in [-0.4, -0.2) is 23.7 Å². The van der Waals surface area contributed by atoms with E-state index in [4.69, 9.17) is 0 Å². The standard InChI is InChI=1S/C18H25N3/c1-18(2)13-16(20-19-15-8-4-3-5-9-15)12-17(14-18)21-10-6-7-11-21/h3-5,8-9,12,19H,6-7,10-11,13-14H2,1-2H3/b20-16+. The number of nitrogens with zero attached hydrogens (tertiary/aromatic N) is 2. The predicted octanol–water partition coefficient (Wildman–Crippen LogP) is 4.25. The van der Waals surface area contributed by atoms with Gasteiger partial charge < -0.3 is 4.90 Å². The van der Waals surface area contributed by atoms with Crippen molar-refractivity contribution in [2.75, 3.05) is 18.5 Å². The van der Waals surface area contributed by atoms with Gasteiger partial charge in [0.15, 0.2) is 0 Å². The number of likely N-dealkylation sites (tertiary alicyclic amines) is 1. The number of benzene rings is 1. The van der Waals surface area contributed by atoms with Gasteiger partial charge in [-0.05, 0) is 49.3 Å². The topological polar surface area (TPSA) is 27.6 Å². The molecule has 0 radical (unpaired) electrons. The van der Waals surface area contributed by atoms with Crippen molar-refractivity contribution in [2.24, 2.45) is 10.5 Å². The van der Waals surface area contributed by atoms with Gasteiger partial charge in [-0.25, -0.2) is 0 Å². The summed E-state index contributed by atoms with van der Waals surface area (Å²) in [5, 5.41) is 4.63. The summed E-state index contributed by atoms with van der Waals surface area (Å²) >= 11 is 0. The first-order valence-corrected chi connectivity index (χ1v) is 7.96. The molecule has 1 aromatic carbocycles. The molecule has 1 heterocycles. The van der Waals surface area contributed by atoms with Gasteiger partial charge >= 0.3 is 0 Å². The molecule has 3 rings (SSSR count). The molecule has 0 bridgehead atoms. The second-order valence-corrected chi connectivity index (χ2v) is 6.93. The van der Waals surface area contributed by atoms with E-state index in [9.17, 15) is 0 Å². The smallest absolute Gasteiger partial charge is 0.0629 e. The fraction of sp³-hybridized carbons (Fsp3) is 0.500. The summed E-state index contributed by atoms with van der Waals surface area (Å²) in [6.07, 6.45) is 7.15. The summed E-state index contributed by atoms with van der Waals surface area (Å²) < 4.78 is 0. The maximum atomic E-state index is 4.63. The largest absolute Gasteiger partial charge is 0.375 e. The maximum absolute atomic E-state index is 4.63. The summed E-state index contributed by atoms with van der Waals surface area (Å²) in [5.41, 5.74) is 7.16. The van der Waals surface area contributed by atoms with Crippen LogP contribution in [0.4, 0.5) is 5.69 Å². The summed E-state index contributed by atoms with van der Waals surface area (Å²) in [5.74, 6) is 0. The molecule has 0 amide bonds. The number of hydrogen-bond donors (Lipinski definition) is 1. The molecule has 0 saturated carbocycles. The fourth-order valence-electron chi connectivity index (χ4n) is 3.27. The molecule has 2 aliphatic rings. The van der Waals surface area contributed by atoms with E-state index in [1.165, 1.54) is 31.6 Å². The molecular formula is C18H25N3. The number of hydrazone groups is 1. The highest BCUT2D eigenvalue weighted by Crippen LogP contribution is 2.36. The van der Waals surface area contributed by atoms with Gasteiger partial charge in [0.2, 0.25) is 0 Å². The van der Waals surface area contributed by atoms with E-state index in [1.807, 2.05) is 30.3 Å². The van der Waals surface area contributed by atoms with Crippen molar-refractivity contribution in [3.05, 3.63) is 42.1 Å². The first-order valence-electron chi connectivity index (χ1n) is 7.96. The van der Waals surface area contributed by atoms with Crippen LogP contribution in [-0.2, 0) is 0 Å². The average Bonchev–Trinajstić information content (AvgIpc) is 2.99. The van der Waals surface area contributed by atoms with Crippen LogP contribution in [0, 0.1) is 5.41 Å². The molecule has 1 fully saturated rings. The number of para-hydroxylation sites is 1. The molecule has 0 atom stereocenters. The molecule has 1 aliphatic heterocycles. The van der Waals surface area contributed by atoms with Crippen LogP contribution < -0.4 is 5.43 Å². The van der Waals surface area contributed by atoms with Crippen molar-refractivity contribution in [2.45, 2.75) is 39.5 Å². The lowest BCUT2D eigenvalue weighted by molar-refractivity contribution is 0.305. The first-order chi connectivity index (χ1) is 10.1. The Kier molecular flexibility index (Phi) is 4.00. The van der Waals surface area contributed by atoms with E-state index in [2.05, 4.69) is 35.4 Å². The Bertz CT molecular complexity index is 537. The zero-order valence-corrected chi connectivity index (χ0v) is 13.1. The average molecular weight is 283 g/mol. The normalized spacial score (nSPS) is 23.2. The van der Waals surface area contributed by atoms with Crippen LogP contribution in [0.5, 0.6) is 0 Å². The third kappa shape index (κ3) is 3.66. The summed E-state index contributed by atoms with van der Waals surface area (Å²) in [6, 6.07) is 10.2. The highest BCUT2D eigenvalue weighted by Gasteiger charge is 2.29. The quantitative estimate of drug-likeness (QED) is 0.840. The first kappa shape index (κ1) is 14.2. The molecule has 0 aromatic heterocycles. The zero-order chi connectivity index (χ0) is 14.7. The van der Waals surface area contributed by atoms with E-state index in [0.717, 1.165) is 24.2 Å². The van der Waals surface area contributed by atoms with Gasteiger partial charge in [0.25, 0.3) is 0 Å². The van der Waals surface area contributed by atoms with Gasteiger partial charge in [-0.3, -0.25) is 5.43 Å². The Morgan fingerprint density at radius 3 is 2.48 bits per heavy atom. The summed E-state index contributed by atoms with van der Waals surface area (Å²) in [7, 11) is 0. The molecule has 1 saturated heterocycles. The van der Waals surface area contributed by atoms with Crippen LogP contribution in [0.25, 0.3) is 0 Å². The Hall–Kier alpha value is -1.77. The fourth-order valence-corrected chi connectivity index (χ4v) is 3.27. The third-order valence-corrected chi connectivity index (χ3v) is 4.27. The monoisotopic (exact) mass is 283 g/mol. The second kappa shape index (κ2) is 5.92. The molecule has 112 valence electrons. The molecule has 0 spiro atoms. The highest BCUT2D eigenvalue weighted by molar-refractivity contribution is 5.97. The molecule has 1 aromatic rings. The lowest BCUT2D eigenvalue weighted by Gasteiger charge is -2.34. The van der Waals surface area contributed by atoms with Crippen LogP contribution >= 0.6 is 0 Å². The van der Waals surface area contributed by atoms with Gasteiger partial charge in [-0.1, -0.05) is 32.0 Å². The summed E-state index contributed by atoms with van der Waals surface area (Å²) in [4.78, 5) is 2.54. The van der Waals surface area contributed by atoms with E-state index in [1.54, 1.807) is 0 Å². The molecule has 3 heteroatoms. The Labute approximate surface area is 127 Å². The molecular weight excluding hydrogens is 258 g/mol. The van der Waals surface area contributed by atoms with Crippen LogP contribution in [0.1, 0.15) is 39.5 Å². The van der Waals surface area contributed by atoms with Gasteiger partial charge in [0.1, 0.15) is 0 Å². The van der Waals surface area contributed by atoms with E-state index in [0.29, 0.717) is 5.41 Å². The maximum Gasteiger partial charge on any atom is 0.0629 e. The van der Waals surface area contributed by atoms with Gasteiger partial charge in [0, 0.05) is 18.8 Å². The Morgan fingerprint density at radius 1 is 1.05 bits per heavy atom. The Morgan fingerprint density at radius 2 is 1.76 bits per heavy atom. The Balaban J connectivity index is 1.77. The number of anilines is 1. The van der Waals surface area contributed by atoms with E-state index < -0.39 is 0 Å². The van der Waals surface area contributed by atoms with Crippen molar-refractivity contribution in [3.8, 4) is 0 Å². The number of hydrogen-bond acceptors (Lipinski definition) is 3. The van der Waals surface area contributed by atoms with Gasteiger partial charge in [-0.2, -0.15) is 5.10 Å².